The third kappa shape index (κ3) is 2.75. The molecule has 1 aliphatic carbocycles. The Hall–Kier alpha value is -2.43. The van der Waals surface area contributed by atoms with E-state index in [-0.39, 0.29) is 23.7 Å². The van der Waals surface area contributed by atoms with E-state index in [1.807, 2.05) is 62.6 Å². The van der Waals surface area contributed by atoms with Crippen LogP contribution >= 0.6 is 12.4 Å². The van der Waals surface area contributed by atoms with Gasteiger partial charge >= 0.3 is 0 Å². The number of rotatable bonds is 4. The molecule has 4 rings (SSSR count). The summed E-state index contributed by atoms with van der Waals surface area (Å²) in [4.78, 5) is 28.2. The number of benzene rings is 2. The Morgan fingerprint density at radius 2 is 1.50 bits per heavy atom. The van der Waals surface area contributed by atoms with E-state index < -0.39 is 0 Å². The Kier molecular flexibility index (Phi) is 4.99. The highest BCUT2D eigenvalue weighted by atomic mass is 35.5. The average molecular weight is 369 g/mol. The molecule has 1 aromatic heterocycles. The molecule has 0 saturated carbocycles. The second-order valence-electron chi connectivity index (χ2n) is 6.76. The third-order valence-electron chi connectivity index (χ3n) is 4.82. The monoisotopic (exact) mass is 368 g/mol. The minimum atomic E-state index is -0.0161. The largest absolute Gasteiger partial charge is 0.309 e. The maximum Gasteiger partial charge on any atom is 0.258 e. The van der Waals surface area contributed by atoms with Gasteiger partial charge in [0, 0.05) is 28.4 Å². The number of halogens is 1. The van der Waals surface area contributed by atoms with Gasteiger partial charge in [0.1, 0.15) is 0 Å². The molecule has 26 heavy (non-hydrogen) atoms. The van der Waals surface area contributed by atoms with Gasteiger partial charge in [0.05, 0.1) is 11.3 Å². The number of ketones is 1. The molecule has 0 bridgehead atoms. The van der Waals surface area contributed by atoms with E-state index >= 15 is 0 Å². The lowest BCUT2D eigenvalue weighted by molar-refractivity contribution is 0.104. The number of fused-ring (bicyclic) bond motifs is 5. The van der Waals surface area contributed by atoms with Crippen molar-refractivity contribution in [2.24, 2.45) is 0 Å². The molecule has 5 heteroatoms. The lowest BCUT2D eigenvalue weighted by Crippen LogP contribution is -2.25. The van der Waals surface area contributed by atoms with Crippen molar-refractivity contribution < 1.29 is 4.79 Å². The highest BCUT2D eigenvalue weighted by molar-refractivity contribution is 6.26. The number of hydrogen-bond acceptors (Lipinski definition) is 3. The molecular formula is C21H21ClN2O2. The maximum atomic E-state index is 13.1. The van der Waals surface area contributed by atoms with Crippen molar-refractivity contribution in [1.82, 2.24) is 9.47 Å². The summed E-state index contributed by atoms with van der Waals surface area (Å²) in [5.74, 6) is 0.0168. The van der Waals surface area contributed by atoms with E-state index in [2.05, 4.69) is 4.90 Å². The van der Waals surface area contributed by atoms with Gasteiger partial charge in [-0.3, -0.25) is 9.59 Å². The van der Waals surface area contributed by atoms with Crippen LogP contribution in [0.1, 0.15) is 22.3 Å². The molecule has 0 fully saturated rings. The molecule has 1 aliphatic rings. The standard InChI is InChI=1S/C21H20N2O2.ClH/c1-22(2)12-7-13-23-19-15-9-4-5-10-16(15)20(24)18(19)14-8-3-6-11-17(14)21(23)25;/h3-6,8-11H,7,12-13H2,1-2H3;1H. The van der Waals surface area contributed by atoms with Crippen LogP contribution in [0.4, 0.5) is 0 Å². The van der Waals surface area contributed by atoms with Crippen molar-refractivity contribution in [1.29, 1.82) is 0 Å². The summed E-state index contributed by atoms with van der Waals surface area (Å²) in [7, 11) is 4.04. The number of nitrogens with zero attached hydrogens (tertiary/aromatic N) is 2. The normalized spacial score (nSPS) is 12.2. The number of carbonyl (C=O) groups excluding carboxylic acids is 1. The predicted molar refractivity (Wildman–Crippen MR) is 107 cm³/mol. The van der Waals surface area contributed by atoms with Gasteiger partial charge in [-0.05, 0) is 33.1 Å². The van der Waals surface area contributed by atoms with E-state index in [0.717, 1.165) is 29.6 Å². The van der Waals surface area contributed by atoms with Crippen LogP contribution < -0.4 is 5.56 Å². The Labute approximate surface area is 158 Å². The van der Waals surface area contributed by atoms with Crippen LogP contribution in [0, 0.1) is 0 Å². The Balaban J connectivity index is 0.00000196. The summed E-state index contributed by atoms with van der Waals surface area (Å²) in [6.45, 7) is 1.50. The van der Waals surface area contributed by atoms with Gasteiger partial charge in [-0.15, -0.1) is 12.4 Å². The van der Waals surface area contributed by atoms with E-state index in [1.54, 1.807) is 4.57 Å². The lowest BCUT2D eigenvalue weighted by atomic mass is 10.0. The molecule has 3 aromatic rings. The van der Waals surface area contributed by atoms with Crippen molar-refractivity contribution in [3.8, 4) is 11.3 Å². The van der Waals surface area contributed by atoms with E-state index in [4.69, 9.17) is 0 Å². The number of carbonyl (C=O) groups is 1. The Morgan fingerprint density at radius 3 is 2.19 bits per heavy atom. The van der Waals surface area contributed by atoms with Crippen LogP contribution in [0.5, 0.6) is 0 Å². The number of pyridine rings is 1. The van der Waals surface area contributed by atoms with Gasteiger partial charge in [0.25, 0.3) is 5.56 Å². The maximum absolute atomic E-state index is 13.1. The van der Waals surface area contributed by atoms with Crippen LogP contribution in [-0.4, -0.2) is 35.9 Å². The van der Waals surface area contributed by atoms with Crippen molar-refractivity contribution in [3.05, 3.63) is 70.0 Å². The first kappa shape index (κ1) is 18.4. The quantitative estimate of drug-likeness (QED) is 0.553. The predicted octanol–water partition coefficient (Wildman–Crippen LogP) is 3.59. The fourth-order valence-electron chi connectivity index (χ4n) is 3.69. The zero-order valence-corrected chi connectivity index (χ0v) is 15.7. The summed E-state index contributed by atoms with van der Waals surface area (Å²) >= 11 is 0. The summed E-state index contributed by atoms with van der Waals surface area (Å²) in [5, 5.41) is 1.37. The number of hydrogen-bond donors (Lipinski definition) is 0. The molecule has 0 saturated heterocycles. The fraction of sp³-hybridized carbons (Fsp3) is 0.238. The number of aromatic nitrogens is 1. The van der Waals surface area contributed by atoms with Crippen LogP contribution in [-0.2, 0) is 6.54 Å². The van der Waals surface area contributed by atoms with Gasteiger partial charge in [0.2, 0.25) is 0 Å². The molecule has 0 N–H and O–H groups in total. The molecule has 0 radical (unpaired) electrons. The minimum Gasteiger partial charge on any atom is -0.309 e. The van der Waals surface area contributed by atoms with Gasteiger partial charge in [-0.1, -0.05) is 42.5 Å². The SMILES string of the molecule is CN(C)CCCn1c2c(c3ccccc3c1=O)C(=O)c1ccccc1-2.Cl. The zero-order chi connectivity index (χ0) is 17.6. The fourth-order valence-corrected chi connectivity index (χ4v) is 3.69. The molecule has 2 aromatic carbocycles. The smallest absolute Gasteiger partial charge is 0.258 e. The minimum absolute atomic E-state index is 0. The highest BCUT2D eigenvalue weighted by Gasteiger charge is 2.31. The third-order valence-corrected chi connectivity index (χ3v) is 4.82. The summed E-state index contributed by atoms with van der Waals surface area (Å²) in [5.41, 5.74) is 2.99. The second-order valence-corrected chi connectivity index (χ2v) is 6.76. The van der Waals surface area contributed by atoms with Gasteiger partial charge in [-0.2, -0.15) is 0 Å². The molecule has 1 heterocycles. The van der Waals surface area contributed by atoms with Gasteiger partial charge in [-0.25, -0.2) is 0 Å². The first-order valence-corrected chi connectivity index (χ1v) is 8.54. The topological polar surface area (TPSA) is 42.3 Å². The Bertz CT molecular complexity index is 1050. The van der Waals surface area contributed by atoms with Crippen LogP contribution in [0.15, 0.2) is 53.3 Å². The summed E-state index contributed by atoms with van der Waals surface area (Å²) < 4.78 is 1.80. The van der Waals surface area contributed by atoms with Crippen molar-refractivity contribution in [2.75, 3.05) is 20.6 Å². The molecule has 0 aliphatic heterocycles. The lowest BCUT2D eigenvalue weighted by Gasteiger charge is -2.16. The average Bonchev–Trinajstić information content (AvgIpc) is 2.91. The molecule has 0 unspecified atom stereocenters. The second kappa shape index (κ2) is 7.06. The first-order chi connectivity index (χ1) is 12.1. The summed E-state index contributed by atoms with van der Waals surface area (Å²) in [6.07, 6.45) is 0.855. The molecule has 134 valence electrons. The van der Waals surface area contributed by atoms with Crippen LogP contribution in [0.3, 0.4) is 0 Å². The van der Waals surface area contributed by atoms with Crippen molar-refractivity contribution >= 4 is 29.0 Å². The van der Waals surface area contributed by atoms with Crippen molar-refractivity contribution in [3.63, 3.8) is 0 Å². The van der Waals surface area contributed by atoms with Crippen LogP contribution in [0.25, 0.3) is 22.0 Å². The van der Waals surface area contributed by atoms with E-state index in [0.29, 0.717) is 23.1 Å². The first-order valence-electron chi connectivity index (χ1n) is 8.54. The Morgan fingerprint density at radius 1 is 0.885 bits per heavy atom. The van der Waals surface area contributed by atoms with E-state index in [1.165, 1.54) is 0 Å². The van der Waals surface area contributed by atoms with Gasteiger partial charge < -0.3 is 9.47 Å². The van der Waals surface area contributed by atoms with Gasteiger partial charge in [0.15, 0.2) is 5.78 Å². The van der Waals surface area contributed by atoms with Crippen molar-refractivity contribution in [2.45, 2.75) is 13.0 Å². The molecule has 0 atom stereocenters. The van der Waals surface area contributed by atoms with E-state index in [9.17, 15) is 9.59 Å². The molecular weight excluding hydrogens is 348 g/mol. The highest BCUT2D eigenvalue weighted by Crippen LogP contribution is 2.39. The molecule has 0 spiro atoms. The molecule has 4 nitrogen and oxygen atoms in total. The molecule has 0 amide bonds. The zero-order valence-electron chi connectivity index (χ0n) is 14.9. The summed E-state index contributed by atoms with van der Waals surface area (Å²) in [6, 6.07) is 15.0. The van der Waals surface area contributed by atoms with Crippen LogP contribution in [0.2, 0.25) is 0 Å².